The Bertz CT molecular complexity index is 215. The highest BCUT2D eigenvalue weighted by Crippen LogP contribution is 2.38. The van der Waals surface area contributed by atoms with E-state index < -0.39 is 0 Å². The number of hydrogen-bond donors (Lipinski definition) is 0. The molecule has 80 valence electrons. The summed E-state index contributed by atoms with van der Waals surface area (Å²) < 4.78 is 0. The summed E-state index contributed by atoms with van der Waals surface area (Å²) in [5, 5.41) is 0. The summed E-state index contributed by atoms with van der Waals surface area (Å²) >= 11 is 0. The molecule has 0 N–H and O–H groups in total. The minimum absolute atomic E-state index is 0.176. The summed E-state index contributed by atoms with van der Waals surface area (Å²) in [6.07, 6.45) is 10.3. The van der Waals surface area contributed by atoms with E-state index in [4.69, 9.17) is 0 Å². The van der Waals surface area contributed by atoms with Gasteiger partial charge in [-0.25, -0.2) is 0 Å². The SMILES string of the molecule is CCCCC1CC(C)(C)C=CC1C=O. The highest BCUT2D eigenvalue weighted by Gasteiger charge is 2.29. The molecule has 0 aromatic heterocycles. The molecule has 1 aliphatic rings. The number of unbranched alkanes of at least 4 members (excludes halogenated alkanes) is 1. The first-order valence-corrected chi connectivity index (χ1v) is 5.73. The minimum atomic E-state index is 0.176. The van der Waals surface area contributed by atoms with Gasteiger partial charge in [0.25, 0.3) is 0 Å². The molecule has 1 rings (SSSR count). The maximum Gasteiger partial charge on any atom is 0.127 e. The first kappa shape index (κ1) is 11.5. The summed E-state index contributed by atoms with van der Waals surface area (Å²) in [4.78, 5) is 10.9. The van der Waals surface area contributed by atoms with Gasteiger partial charge in [-0.1, -0.05) is 45.8 Å². The van der Waals surface area contributed by atoms with Crippen molar-refractivity contribution < 1.29 is 4.79 Å². The fraction of sp³-hybridized carbons (Fsp3) is 0.769. The first-order valence-electron chi connectivity index (χ1n) is 5.73. The van der Waals surface area contributed by atoms with Gasteiger partial charge in [-0.3, -0.25) is 0 Å². The lowest BCUT2D eigenvalue weighted by Crippen LogP contribution is -2.26. The van der Waals surface area contributed by atoms with Gasteiger partial charge in [0.15, 0.2) is 0 Å². The second-order valence-corrected chi connectivity index (χ2v) is 5.17. The molecule has 1 aliphatic carbocycles. The van der Waals surface area contributed by atoms with E-state index in [1.165, 1.54) is 19.3 Å². The molecule has 0 saturated heterocycles. The fourth-order valence-electron chi connectivity index (χ4n) is 2.33. The lowest BCUT2D eigenvalue weighted by atomic mass is 9.71. The molecule has 0 radical (unpaired) electrons. The molecule has 2 atom stereocenters. The van der Waals surface area contributed by atoms with Crippen LogP contribution in [0, 0.1) is 17.3 Å². The predicted molar refractivity (Wildman–Crippen MR) is 60.1 cm³/mol. The molecule has 0 bridgehead atoms. The van der Waals surface area contributed by atoms with Crippen LogP contribution in [-0.4, -0.2) is 6.29 Å². The third kappa shape index (κ3) is 2.97. The maximum atomic E-state index is 10.9. The Morgan fingerprint density at radius 2 is 2.21 bits per heavy atom. The molecule has 0 aromatic rings. The Labute approximate surface area is 87.6 Å². The second kappa shape index (κ2) is 4.77. The third-order valence-electron chi connectivity index (χ3n) is 3.19. The van der Waals surface area contributed by atoms with E-state index in [2.05, 4.69) is 32.9 Å². The van der Waals surface area contributed by atoms with Gasteiger partial charge in [-0.2, -0.15) is 0 Å². The lowest BCUT2D eigenvalue weighted by molar-refractivity contribution is -0.111. The zero-order valence-electron chi connectivity index (χ0n) is 9.62. The molecule has 0 saturated carbocycles. The number of rotatable bonds is 4. The van der Waals surface area contributed by atoms with Crippen LogP contribution in [0.15, 0.2) is 12.2 Å². The van der Waals surface area contributed by atoms with Gasteiger partial charge in [0, 0.05) is 5.92 Å². The Hall–Kier alpha value is -0.590. The van der Waals surface area contributed by atoms with Gasteiger partial charge in [0.2, 0.25) is 0 Å². The van der Waals surface area contributed by atoms with Crippen molar-refractivity contribution in [2.75, 3.05) is 0 Å². The molecule has 14 heavy (non-hydrogen) atoms. The molecule has 0 spiro atoms. The van der Waals surface area contributed by atoms with Crippen LogP contribution in [0.1, 0.15) is 46.5 Å². The van der Waals surface area contributed by atoms with Gasteiger partial charge < -0.3 is 4.79 Å². The van der Waals surface area contributed by atoms with Crippen molar-refractivity contribution in [1.29, 1.82) is 0 Å². The van der Waals surface area contributed by atoms with Crippen molar-refractivity contribution in [3.05, 3.63) is 12.2 Å². The zero-order chi connectivity index (χ0) is 10.6. The van der Waals surface area contributed by atoms with Crippen LogP contribution in [0.2, 0.25) is 0 Å². The van der Waals surface area contributed by atoms with Crippen LogP contribution in [0.4, 0.5) is 0 Å². The molecule has 2 unspecified atom stereocenters. The Kier molecular flexibility index (Phi) is 3.91. The highest BCUT2D eigenvalue weighted by molar-refractivity contribution is 5.57. The van der Waals surface area contributed by atoms with E-state index in [0.29, 0.717) is 5.92 Å². The van der Waals surface area contributed by atoms with E-state index in [1.807, 2.05) is 0 Å². The number of aldehydes is 1. The third-order valence-corrected chi connectivity index (χ3v) is 3.19. The topological polar surface area (TPSA) is 17.1 Å². The average Bonchev–Trinajstić information content (AvgIpc) is 2.14. The van der Waals surface area contributed by atoms with Gasteiger partial charge in [0.1, 0.15) is 6.29 Å². The molecule has 0 aliphatic heterocycles. The molecule has 0 amide bonds. The number of hydrogen-bond acceptors (Lipinski definition) is 1. The molecule has 0 aromatic carbocycles. The van der Waals surface area contributed by atoms with Crippen molar-refractivity contribution in [1.82, 2.24) is 0 Å². The van der Waals surface area contributed by atoms with E-state index in [9.17, 15) is 4.79 Å². The van der Waals surface area contributed by atoms with E-state index in [0.717, 1.165) is 12.7 Å². The molecule has 1 nitrogen and oxygen atoms in total. The number of allylic oxidation sites excluding steroid dienone is 2. The summed E-state index contributed by atoms with van der Waals surface area (Å²) in [5.74, 6) is 0.752. The lowest BCUT2D eigenvalue weighted by Gasteiger charge is -2.34. The largest absolute Gasteiger partial charge is 0.303 e. The molecule has 0 heterocycles. The smallest absolute Gasteiger partial charge is 0.127 e. The summed E-state index contributed by atoms with van der Waals surface area (Å²) in [6.45, 7) is 6.71. The number of carbonyl (C=O) groups excluding carboxylic acids is 1. The predicted octanol–water partition coefficient (Wildman–Crippen LogP) is 3.59. The number of carbonyl (C=O) groups is 1. The Morgan fingerprint density at radius 3 is 2.79 bits per heavy atom. The quantitative estimate of drug-likeness (QED) is 0.493. The minimum Gasteiger partial charge on any atom is -0.303 e. The molecule has 0 fully saturated rings. The van der Waals surface area contributed by atoms with Crippen LogP contribution < -0.4 is 0 Å². The second-order valence-electron chi connectivity index (χ2n) is 5.17. The van der Waals surface area contributed by atoms with E-state index >= 15 is 0 Å². The van der Waals surface area contributed by atoms with Crippen LogP contribution in [-0.2, 0) is 4.79 Å². The van der Waals surface area contributed by atoms with Crippen molar-refractivity contribution in [3.63, 3.8) is 0 Å². The first-order chi connectivity index (χ1) is 6.59. The normalized spacial score (nSPS) is 30.2. The monoisotopic (exact) mass is 194 g/mol. The fourth-order valence-corrected chi connectivity index (χ4v) is 2.33. The average molecular weight is 194 g/mol. The summed E-state index contributed by atoms with van der Waals surface area (Å²) in [5.41, 5.74) is 0.290. The molecular formula is C13H22O. The Morgan fingerprint density at radius 1 is 1.50 bits per heavy atom. The molecular weight excluding hydrogens is 172 g/mol. The van der Waals surface area contributed by atoms with Gasteiger partial charge in [0.05, 0.1) is 0 Å². The van der Waals surface area contributed by atoms with Gasteiger partial charge in [-0.15, -0.1) is 0 Å². The van der Waals surface area contributed by atoms with Crippen molar-refractivity contribution in [3.8, 4) is 0 Å². The van der Waals surface area contributed by atoms with Crippen LogP contribution in [0.25, 0.3) is 0 Å². The summed E-state index contributed by atoms with van der Waals surface area (Å²) in [6, 6.07) is 0. The van der Waals surface area contributed by atoms with Gasteiger partial charge >= 0.3 is 0 Å². The van der Waals surface area contributed by atoms with E-state index in [1.54, 1.807) is 0 Å². The highest BCUT2D eigenvalue weighted by atomic mass is 16.1. The zero-order valence-corrected chi connectivity index (χ0v) is 9.62. The van der Waals surface area contributed by atoms with Crippen molar-refractivity contribution >= 4 is 6.29 Å². The van der Waals surface area contributed by atoms with Crippen molar-refractivity contribution in [2.24, 2.45) is 17.3 Å². The van der Waals surface area contributed by atoms with Gasteiger partial charge in [-0.05, 0) is 24.2 Å². The van der Waals surface area contributed by atoms with Crippen LogP contribution in [0.3, 0.4) is 0 Å². The Balaban J connectivity index is 2.62. The van der Waals surface area contributed by atoms with Crippen LogP contribution >= 0.6 is 0 Å². The summed E-state index contributed by atoms with van der Waals surface area (Å²) in [7, 11) is 0. The van der Waals surface area contributed by atoms with Crippen molar-refractivity contribution in [2.45, 2.75) is 46.5 Å². The standard InChI is InChI=1S/C13H22O/c1-4-5-6-11-9-13(2,3)8-7-12(11)10-14/h7-8,10-12H,4-6,9H2,1-3H3. The van der Waals surface area contributed by atoms with Crippen LogP contribution in [0.5, 0.6) is 0 Å². The maximum absolute atomic E-state index is 10.9. The molecule has 1 heteroatoms. The van der Waals surface area contributed by atoms with E-state index in [-0.39, 0.29) is 11.3 Å².